The van der Waals surface area contributed by atoms with Crippen molar-refractivity contribution in [3.05, 3.63) is 70.8 Å². The zero-order valence-corrected chi connectivity index (χ0v) is 56.2. The van der Waals surface area contributed by atoms with Crippen LogP contribution in [0.1, 0.15) is 212 Å². The molecule has 2 aliphatic heterocycles. The van der Waals surface area contributed by atoms with Crippen LogP contribution < -0.4 is 26.6 Å². The van der Waals surface area contributed by atoms with Crippen molar-refractivity contribution in [3.63, 3.8) is 0 Å². The normalized spacial score (nSPS) is 25.6. The Morgan fingerprint density at radius 2 is 0.924 bits per heavy atom. The Morgan fingerprint density at radius 1 is 0.511 bits per heavy atom. The first-order chi connectivity index (χ1) is 43.6. The molecule has 2 heterocycles. The highest BCUT2D eigenvalue weighted by atomic mass is 16.6. The molecule has 5 N–H and O–H groups in total. The average Bonchev–Trinajstić information content (AvgIpc) is 1.67. The van der Waals surface area contributed by atoms with E-state index in [1.54, 1.807) is 60.3 Å². The van der Waals surface area contributed by atoms with Gasteiger partial charge in [-0.3, -0.25) is 43.3 Å². The molecule has 9 amide bonds. The summed E-state index contributed by atoms with van der Waals surface area (Å²) in [6.45, 7) is 13.8. The van der Waals surface area contributed by atoms with Crippen LogP contribution in [-0.4, -0.2) is 160 Å². The summed E-state index contributed by atoms with van der Waals surface area (Å²) in [5.41, 5.74) is 2.80. The Bertz CT molecular complexity index is 2830. The fourth-order valence-electron chi connectivity index (χ4n) is 15.3. The summed E-state index contributed by atoms with van der Waals surface area (Å²) in [6, 6.07) is 9.56. The topological polar surface area (TPSA) is 262 Å². The van der Waals surface area contributed by atoms with Crippen molar-refractivity contribution in [1.82, 2.24) is 46.2 Å². The lowest BCUT2D eigenvalue weighted by molar-refractivity contribution is -0.145. The van der Waals surface area contributed by atoms with E-state index in [2.05, 4.69) is 38.7 Å². The lowest BCUT2D eigenvalue weighted by Gasteiger charge is -2.36. The molecule has 5 fully saturated rings. The van der Waals surface area contributed by atoms with E-state index < -0.39 is 95.2 Å². The Morgan fingerprint density at radius 3 is 1.37 bits per heavy atom. The van der Waals surface area contributed by atoms with E-state index >= 15 is 9.59 Å². The molecule has 10 atom stereocenters. The van der Waals surface area contributed by atoms with Gasteiger partial charge in [0, 0.05) is 63.4 Å². The number of likely N-dealkylation sites (N-methyl/N-ethyl adjacent to an activating group) is 2. The van der Waals surface area contributed by atoms with Gasteiger partial charge in [0.2, 0.25) is 41.4 Å². The number of benzene rings is 2. The van der Waals surface area contributed by atoms with Crippen LogP contribution in [0.4, 0.5) is 9.59 Å². The standard InChI is InChI=1S/C71H103N9O12/c1-42(77(9)68(89)91-70(3,4)5)59(81)39-54(44-21-13-11-14-22-44)66(87)79-40-50(37-57(79)64(85)74-55-35-33-45-23-17-19-27-52(45)55)72-62(83)48-29-31-49(32-30-48)63(84)73-51-38-58(65(86)75-56-36-34-46-24-18-20-28-53(46)56)80(41-51)67(88)60(47-25-15-12-16-26-47)76-61(82)43(2)78(10)69(90)92-71(6,7)8/h17-20,23-24,27-28,42-44,47-51,54-58,60H,11-16,21-22,25-26,29-41H2,1-10H3,(H,72,83)(H,73,84)(H,74,85)(H,75,86)(H,76,82)/t42-,43-,48?,49?,50-,51-,54-,55+,56+,57-,58-,60-/m0/s1. The lowest BCUT2D eigenvalue weighted by atomic mass is 9.76. The van der Waals surface area contributed by atoms with E-state index in [9.17, 15) is 38.4 Å². The van der Waals surface area contributed by atoms with Crippen LogP contribution in [0.5, 0.6) is 0 Å². The third-order valence-corrected chi connectivity index (χ3v) is 20.8. The number of carbonyl (C=O) groups excluding carboxylic acids is 10. The SMILES string of the molecule is C[C@@H](C(=O)C[C@H](C(=O)N1C[C@@H](NC(=O)C2CCC(C(=O)N[C@H]3C[C@@H](C(=O)N[C@@H]4CCc5ccccc54)N(C(=O)[C@@H](NC(=O)[C@H](C)N(C)C(=O)OC(C)(C)C)C4CCCCC4)C3)CC2)C[C@H]1C(=O)N[C@@H]1CCc2ccccc21)C1CCCCC1)N(C)C(=O)OC(C)(C)C. The second-order valence-corrected chi connectivity index (χ2v) is 29.6. The van der Waals surface area contributed by atoms with E-state index in [-0.39, 0.29) is 91.6 Å². The van der Waals surface area contributed by atoms with Gasteiger partial charge in [0.15, 0.2) is 5.78 Å². The van der Waals surface area contributed by atoms with E-state index in [0.29, 0.717) is 51.4 Å². The van der Waals surface area contributed by atoms with Crippen LogP contribution in [0, 0.1) is 29.6 Å². The maximum absolute atomic E-state index is 15.3. The minimum atomic E-state index is -0.995. The highest BCUT2D eigenvalue weighted by Crippen LogP contribution is 2.39. The van der Waals surface area contributed by atoms with Crippen molar-refractivity contribution in [2.75, 3.05) is 27.2 Å². The predicted molar refractivity (Wildman–Crippen MR) is 346 cm³/mol. The third-order valence-electron chi connectivity index (χ3n) is 20.8. The monoisotopic (exact) mass is 1270 g/mol. The van der Waals surface area contributed by atoms with Crippen molar-refractivity contribution >= 4 is 59.3 Å². The number of amides is 9. The summed E-state index contributed by atoms with van der Waals surface area (Å²) in [7, 11) is 3.00. The summed E-state index contributed by atoms with van der Waals surface area (Å²) in [6.07, 6.45) is 11.9. The van der Waals surface area contributed by atoms with Gasteiger partial charge in [-0.25, -0.2) is 9.59 Å². The van der Waals surface area contributed by atoms with Gasteiger partial charge >= 0.3 is 12.2 Å². The smallest absolute Gasteiger partial charge is 0.410 e. The fourth-order valence-corrected chi connectivity index (χ4v) is 15.3. The second-order valence-electron chi connectivity index (χ2n) is 29.6. The zero-order valence-electron chi connectivity index (χ0n) is 56.2. The Balaban J connectivity index is 0.866. The number of nitrogens with one attached hydrogen (secondary N) is 5. The predicted octanol–water partition coefficient (Wildman–Crippen LogP) is 8.30. The number of rotatable bonds is 19. The summed E-state index contributed by atoms with van der Waals surface area (Å²) < 4.78 is 11.1. The molecule has 2 saturated heterocycles. The largest absolute Gasteiger partial charge is 0.444 e. The summed E-state index contributed by atoms with van der Waals surface area (Å²) >= 11 is 0. The first-order valence-corrected chi connectivity index (χ1v) is 34.4. The number of fused-ring (bicyclic) bond motifs is 2. The molecule has 21 heteroatoms. The first-order valence-electron chi connectivity index (χ1n) is 34.4. The molecule has 0 bridgehead atoms. The molecular formula is C71H103N9O12. The molecule has 9 rings (SSSR count). The number of hydrogen-bond donors (Lipinski definition) is 5. The van der Waals surface area contributed by atoms with Crippen LogP contribution in [0.3, 0.4) is 0 Å². The van der Waals surface area contributed by atoms with Gasteiger partial charge in [-0.15, -0.1) is 0 Å². The molecule has 21 nitrogen and oxygen atoms in total. The van der Waals surface area contributed by atoms with Gasteiger partial charge in [0.25, 0.3) is 0 Å². The van der Waals surface area contributed by atoms with Gasteiger partial charge in [0.05, 0.1) is 18.1 Å². The Kier molecular flexibility index (Phi) is 22.5. The van der Waals surface area contributed by atoms with Gasteiger partial charge in [-0.05, 0) is 179 Å². The maximum Gasteiger partial charge on any atom is 0.410 e. The van der Waals surface area contributed by atoms with Crippen LogP contribution in [-0.2, 0) is 60.7 Å². The number of hydrogen-bond acceptors (Lipinski definition) is 12. The molecule has 0 unspecified atom stereocenters. The van der Waals surface area contributed by atoms with Crippen LogP contribution >= 0.6 is 0 Å². The molecule has 5 aliphatic carbocycles. The van der Waals surface area contributed by atoms with E-state index in [4.69, 9.17) is 9.47 Å². The Hall–Kier alpha value is -7.06. The van der Waals surface area contributed by atoms with Gasteiger partial charge in [0.1, 0.15) is 35.4 Å². The number of Topliss-reactive ketones (excluding diaryl/α,β-unsaturated/α-hetero) is 1. The Labute approximate surface area is 544 Å². The average molecular weight is 1270 g/mol. The van der Waals surface area contributed by atoms with E-state index in [0.717, 1.165) is 86.5 Å². The minimum Gasteiger partial charge on any atom is -0.444 e. The van der Waals surface area contributed by atoms with Gasteiger partial charge < -0.3 is 50.8 Å². The molecule has 0 spiro atoms. The zero-order chi connectivity index (χ0) is 66.3. The van der Waals surface area contributed by atoms with Gasteiger partial charge in [-0.2, -0.15) is 0 Å². The van der Waals surface area contributed by atoms with Crippen molar-refractivity contribution in [2.24, 2.45) is 29.6 Å². The molecule has 504 valence electrons. The molecule has 0 radical (unpaired) electrons. The summed E-state index contributed by atoms with van der Waals surface area (Å²) in [5, 5.41) is 16.0. The quantitative estimate of drug-likeness (QED) is 0.0890. The number of carbonyl (C=O) groups is 10. The van der Waals surface area contributed by atoms with Crippen molar-refractivity contribution in [1.29, 1.82) is 0 Å². The molecule has 3 saturated carbocycles. The number of aryl methyl sites for hydroxylation is 2. The molecule has 2 aromatic carbocycles. The second kappa shape index (κ2) is 29.9. The maximum atomic E-state index is 15.3. The number of nitrogens with zero attached hydrogens (tertiary/aromatic N) is 4. The summed E-state index contributed by atoms with van der Waals surface area (Å²) in [4.78, 5) is 149. The number of ketones is 1. The highest BCUT2D eigenvalue weighted by molar-refractivity contribution is 5.96. The molecule has 7 aliphatic rings. The minimum absolute atomic E-state index is 0.0320. The molecule has 92 heavy (non-hydrogen) atoms. The van der Waals surface area contributed by atoms with Crippen LogP contribution in [0.2, 0.25) is 0 Å². The molecule has 0 aromatic heterocycles. The fraction of sp³-hybridized carbons (Fsp3) is 0.690. The van der Waals surface area contributed by atoms with E-state index in [1.165, 1.54) is 28.8 Å². The van der Waals surface area contributed by atoms with Gasteiger partial charge in [-0.1, -0.05) is 87.1 Å². The first kappa shape index (κ1) is 69.3. The van der Waals surface area contributed by atoms with Crippen molar-refractivity contribution in [2.45, 2.75) is 256 Å². The lowest BCUT2D eigenvalue weighted by Crippen LogP contribution is -2.59. The van der Waals surface area contributed by atoms with Crippen LogP contribution in [0.15, 0.2) is 48.5 Å². The number of ether oxygens (including phenoxy) is 2. The van der Waals surface area contributed by atoms with Crippen LogP contribution in [0.25, 0.3) is 0 Å². The molecular weight excluding hydrogens is 1170 g/mol. The van der Waals surface area contributed by atoms with Crippen molar-refractivity contribution < 1.29 is 57.4 Å². The summed E-state index contributed by atoms with van der Waals surface area (Å²) in [5.74, 6) is -4.64. The number of likely N-dealkylation sites (tertiary alicyclic amines) is 2. The molecule has 2 aromatic rings. The highest BCUT2D eigenvalue weighted by Gasteiger charge is 2.49. The van der Waals surface area contributed by atoms with E-state index in [1.807, 2.05) is 36.4 Å². The third kappa shape index (κ3) is 17.0. The van der Waals surface area contributed by atoms with Crippen molar-refractivity contribution in [3.8, 4) is 0 Å².